The molecule has 2 N–H and O–H groups in total. The highest BCUT2D eigenvalue weighted by Gasteiger charge is 2.22. The predicted molar refractivity (Wildman–Crippen MR) is 72.3 cm³/mol. The third-order valence-corrected chi connectivity index (χ3v) is 2.68. The van der Waals surface area contributed by atoms with Gasteiger partial charge in [-0.05, 0) is 30.9 Å². The molecule has 1 atom stereocenters. The first-order valence-electron chi connectivity index (χ1n) is 6.05. The summed E-state index contributed by atoms with van der Waals surface area (Å²) in [5.41, 5.74) is 0.973. The molecular formula is C13H18N2O4. The van der Waals surface area contributed by atoms with Gasteiger partial charge in [-0.15, -0.1) is 0 Å². The van der Waals surface area contributed by atoms with E-state index in [1.807, 2.05) is 13.8 Å². The highest BCUT2D eigenvalue weighted by Crippen LogP contribution is 2.26. The maximum atomic E-state index is 11.2. The maximum Gasteiger partial charge on any atom is 0.326 e. The van der Waals surface area contributed by atoms with Crippen LogP contribution >= 0.6 is 0 Å². The second-order valence-corrected chi connectivity index (χ2v) is 4.94. The van der Waals surface area contributed by atoms with Crippen molar-refractivity contribution in [2.45, 2.75) is 33.2 Å². The van der Waals surface area contributed by atoms with Crippen molar-refractivity contribution in [2.75, 3.05) is 5.32 Å². The van der Waals surface area contributed by atoms with Crippen LogP contribution in [0.2, 0.25) is 0 Å². The van der Waals surface area contributed by atoms with Crippen LogP contribution in [0.1, 0.15) is 25.8 Å². The Kier molecular flexibility index (Phi) is 4.86. The van der Waals surface area contributed by atoms with Crippen molar-refractivity contribution >= 4 is 17.3 Å². The normalized spacial score (nSPS) is 12.2. The molecule has 0 amide bonds. The molecule has 0 bridgehead atoms. The molecule has 0 saturated heterocycles. The number of carbonyl (C=O) groups is 1. The molecule has 0 spiro atoms. The van der Waals surface area contributed by atoms with E-state index in [1.165, 1.54) is 6.07 Å². The number of benzene rings is 1. The van der Waals surface area contributed by atoms with Gasteiger partial charge in [-0.25, -0.2) is 4.79 Å². The quantitative estimate of drug-likeness (QED) is 0.610. The van der Waals surface area contributed by atoms with E-state index in [1.54, 1.807) is 19.1 Å². The monoisotopic (exact) mass is 266 g/mol. The Morgan fingerprint density at radius 1 is 1.47 bits per heavy atom. The minimum absolute atomic E-state index is 0.111. The molecule has 1 aromatic carbocycles. The zero-order valence-electron chi connectivity index (χ0n) is 11.2. The molecule has 0 heterocycles. The van der Waals surface area contributed by atoms with Gasteiger partial charge in [0.25, 0.3) is 5.69 Å². The largest absolute Gasteiger partial charge is 0.480 e. The number of carboxylic acids is 1. The molecule has 104 valence electrons. The number of nitro benzene ring substituents is 1. The predicted octanol–water partition coefficient (Wildman–Crippen LogP) is 2.81. The zero-order valence-corrected chi connectivity index (χ0v) is 11.2. The number of hydrogen-bond acceptors (Lipinski definition) is 4. The number of aliphatic carboxylic acids is 1. The Morgan fingerprint density at radius 2 is 2.11 bits per heavy atom. The SMILES string of the molecule is Cc1ccc([N+](=O)[O-])c(N[C@@H](CC(C)C)C(=O)O)c1. The third kappa shape index (κ3) is 4.24. The van der Waals surface area contributed by atoms with Gasteiger partial charge >= 0.3 is 5.97 Å². The van der Waals surface area contributed by atoms with Crippen LogP contribution in [0.25, 0.3) is 0 Å². The first-order valence-corrected chi connectivity index (χ1v) is 6.05. The summed E-state index contributed by atoms with van der Waals surface area (Å²) < 4.78 is 0. The summed E-state index contributed by atoms with van der Waals surface area (Å²) in [7, 11) is 0. The zero-order chi connectivity index (χ0) is 14.6. The van der Waals surface area contributed by atoms with E-state index in [2.05, 4.69) is 5.32 Å². The van der Waals surface area contributed by atoms with Crippen molar-refractivity contribution in [2.24, 2.45) is 5.92 Å². The van der Waals surface area contributed by atoms with E-state index < -0.39 is 16.9 Å². The summed E-state index contributed by atoms with van der Waals surface area (Å²) in [6.07, 6.45) is 0.403. The second kappa shape index (κ2) is 6.17. The lowest BCUT2D eigenvalue weighted by Gasteiger charge is -2.17. The van der Waals surface area contributed by atoms with E-state index in [0.717, 1.165) is 5.56 Å². The fraction of sp³-hybridized carbons (Fsp3) is 0.462. The molecule has 0 fully saturated rings. The molecule has 0 radical (unpaired) electrons. The standard InChI is InChI=1S/C13H18N2O4/c1-8(2)6-11(13(16)17)14-10-7-9(3)4-5-12(10)15(18)19/h4-5,7-8,11,14H,6H2,1-3H3,(H,16,17)/t11-/m0/s1. The molecular weight excluding hydrogens is 248 g/mol. The number of nitro groups is 1. The number of rotatable bonds is 6. The number of nitrogens with zero attached hydrogens (tertiary/aromatic N) is 1. The summed E-state index contributed by atoms with van der Waals surface area (Å²) in [6, 6.07) is 3.77. The van der Waals surface area contributed by atoms with Crippen LogP contribution < -0.4 is 5.32 Å². The van der Waals surface area contributed by atoms with E-state index in [4.69, 9.17) is 5.11 Å². The molecule has 0 aromatic heterocycles. The molecule has 1 rings (SSSR count). The molecule has 0 aliphatic heterocycles. The molecule has 19 heavy (non-hydrogen) atoms. The van der Waals surface area contributed by atoms with Crippen LogP contribution in [0, 0.1) is 23.0 Å². The van der Waals surface area contributed by atoms with Gasteiger partial charge in [0.1, 0.15) is 11.7 Å². The Hall–Kier alpha value is -2.11. The first kappa shape index (κ1) is 14.9. The number of carboxylic acid groups (broad SMARTS) is 1. The van der Waals surface area contributed by atoms with E-state index in [-0.39, 0.29) is 17.3 Å². The van der Waals surface area contributed by atoms with Crippen LogP contribution in [0.5, 0.6) is 0 Å². The first-order chi connectivity index (χ1) is 8.81. The van der Waals surface area contributed by atoms with Gasteiger partial charge in [-0.3, -0.25) is 10.1 Å². The van der Waals surface area contributed by atoms with Crippen molar-refractivity contribution in [1.29, 1.82) is 0 Å². The van der Waals surface area contributed by atoms with Crippen LogP contribution in [0.15, 0.2) is 18.2 Å². The van der Waals surface area contributed by atoms with E-state index >= 15 is 0 Å². The average molecular weight is 266 g/mol. The van der Waals surface area contributed by atoms with Crippen molar-refractivity contribution in [3.8, 4) is 0 Å². The summed E-state index contributed by atoms with van der Waals surface area (Å²) in [5.74, 6) is -0.832. The number of nitrogens with one attached hydrogen (secondary N) is 1. The van der Waals surface area contributed by atoms with Crippen molar-refractivity contribution < 1.29 is 14.8 Å². The fourth-order valence-corrected chi connectivity index (χ4v) is 1.81. The van der Waals surface area contributed by atoms with Crippen LogP contribution in [-0.4, -0.2) is 22.0 Å². The van der Waals surface area contributed by atoms with E-state index in [0.29, 0.717) is 6.42 Å². The van der Waals surface area contributed by atoms with Crippen LogP contribution in [0.4, 0.5) is 11.4 Å². The molecule has 1 aromatic rings. The Morgan fingerprint density at radius 3 is 2.58 bits per heavy atom. The van der Waals surface area contributed by atoms with Crippen molar-refractivity contribution in [3.63, 3.8) is 0 Å². The highest BCUT2D eigenvalue weighted by molar-refractivity contribution is 5.79. The smallest absolute Gasteiger partial charge is 0.326 e. The number of aryl methyl sites for hydroxylation is 1. The van der Waals surface area contributed by atoms with Crippen LogP contribution in [0.3, 0.4) is 0 Å². The van der Waals surface area contributed by atoms with Gasteiger partial charge in [-0.1, -0.05) is 19.9 Å². The summed E-state index contributed by atoms with van der Waals surface area (Å²) in [5, 5.41) is 22.8. The molecule has 6 heteroatoms. The lowest BCUT2D eigenvalue weighted by Crippen LogP contribution is -2.31. The highest BCUT2D eigenvalue weighted by atomic mass is 16.6. The maximum absolute atomic E-state index is 11.2. The molecule has 0 aliphatic rings. The summed E-state index contributed by atoms with van der Waals surface area (Å²) in [4.78, 5) is 21.6. The lowest BCUT2D eigenvalue weighted by atomic mass is 10.0. The molecule has 0 saturated carbocycles. The number of hydrogen-bond donors (Lipinski definition) is 2. The third-order valence-electron chi connectivity index (χ3n) is 2.68. The molecule has 0 aliphatic carbocycles. The van der Waals surface area contributed by atoms with Gasteiger partial charge in [0.15, 0.2) is 0 Å². The topological polar surface area (TPSA) is 92.5 Å². The summed E-state index contributed by atoms with van der Waals surface area (Å²) in [6.45, 7) is 5.61. The minimum atomic E-state index is -1.01. The van der Waals surface area contributed by atoms with Gasteiger partial charge in [0.2, 0.25) is 0 Å². The van der Waals surface area contributed by atoms with Crippen molar-refractivity contribution in [3.05, 3.63) is 33.9 Å². The average Bonchev–Trinajstić information content (AvgIpc) is 2.26. The summed E-state index contributed by atoms with van der Waals surface area (Å²) >= 11 is 0. The van der Waals surface area contributed by atoms with E-state index in [9.17, 15) is 14.9 Å². The van der Waals surface area contributed by atoms with Gasteiger partial charge < -0.3 is 10.4 Å². The Balaban J connectivity index is 3.04. The van der Waals surface area contributed by atoms with Crippen molar-refractivity contribution in [1.82, 2.24) is 0 Å². The minimum Gasteiger partial charge on any atom is -0.480 e. The van der Waals surface area contributed by atoms with Gasteiger partial charge in [0.05, 0.1) is 4.92 Å². The Bertz CT molecular complexity index is 486. The van der Waals surface area contributed by atoms with Gasteiger partial charge in [0, 0.05) is 6.07 Å². The van der Waals surface area contributed by atoms with Gasteiger partial charge in [-0.2, -0.15) is 0 Å². The molecule has 6 nitrogen and oxygen atoms in total. The number of anilines is 1. The lowest BCUT2D eigenvalue weighted by molar-refractivity contribution is -0.384. The molecule has 0 unspecified atom stereocenters. The second-order valence-electron chi connectivity index (χ2n) is 4.94. The Labute approximate surface area is 111 Å². The van der Waals surface area contributed by atoms with Crippen LogP contribution in [-0.2, 0) is 4.79 Å². The fourth-order valence-electron chi connectivity index (χ4n) is 1.81.